The first kappa shape index (κ1) is 15.7. The topological polar surface area (TPSA) is 30.0 Å². The fourth-order valence-electron chi connectivity index (χ4n) is 2.99. The van der Waals surface area contributed by atoms with Crippen LogP contribution < -0.4 is 0 Å². The highest BCUT2D eigenvalue weighted by molar-refractivity contribution is 5.78. The second kappa shape index (κ2) is 7.38. The molecule has 0 aromatic heterocycles. The van der Waals surface area contributed by atoms with Crippen LogP contribution in [0, 0.1) is 5.92 Å². The second-order valence-corrected chi connectivity index (χ2v) is 6.65. The Bertz CT molecular complexity index is 305. The summed E-state index contributed by atoms with van der Waals surface area (Å²) in [5, 5.41) is 0. The summed E-state index contributed by atoms with van der Waals surface area (Å²) in [6.45, 7) is 14.3. The molecule has 0 spiro atoms. The number of hydrogen-bond donors (Lipinski definition) is 0. The van der Waals surface area contributed by atoms with Crippen molar-refractivity contribution in [1.29, 1.82) is 0 Å². The number of carbonyl (C=O) groups is 1. The summed E-state index contributed by atoms with van der Waals surface area (Å²) < 4.78 is 0. The van der Waals surface area contributed by atoms with Gasteiger partial charge in [-0.1, -0.05) is 13.8 Å². The molecule has 2 fully saturated rings. The van der Waals surface area contributed by atoms with Crippen LogP contribution in [0.1, 0.15) is 13.8 Å². The van der Waals surface area contributed by atoms with Gasteiger partial charge in [-0.2, -0.15) is 0 Å². The van der Waals surface area contributed by atoms with Crippen LogP contribution in [0.5, 0.6) is 0 Å². The number of piperazine rings is 2. The van der Waals surface area contributed by atoms with E-state index in [1.165, 1.54) is 0 Å². The SMILES string of the molecule is CC(C)CN1CCN(C(=O)CN2CCN(C)CC2)CC1. The van der Waals surface area contributed by atoms with Crippen molar-refractivity contribution in [3.05, 3.63) is 0 Å². The van der Waals surface area contributed by atoms with Gasteiger partial charge in [0.05, 0.1) is 6.54 Å². The minimum Gasteiger partial charge on any atom is -0.339 e. The summed E-state index contributed by atoms with van der Waals surface area (Å²) in [7, 11) is 2.15. The highest BCUT2D eigenvalue weighted by atomic mass is 16.2. The molecule has 0 saturated carbocycles. The summed E-state index contributed by atoms with van der Waals surface area (Å²) in [6, 6.07) is 0. The zero-order valence-corrected chi connectivity index (χ0v) is 13.3. The molecular weight excluding hydrogens is 252 g/mol. The van der Waals surface area contributed by atoms with E-state index in [0.29, 0.717) is 18.4 Å². The lowest BCUT2D eigenvalue weighted by atomic mass is 10.2. The summed E-state index contributed by atoms with van der Waals surface area (Å²) in [4.78, 5) is 21.5. The molecule has 2 heterocycles. The Morgan fingerprint density at radius 2 is 1.45 bits per heavy atom. The van der Waals surface area contributed by atoms with E-state index in [2.05, 4.69) is 40.5 Å². The van der Waals surface area contributed by atoms with Crippen LogP contribution in [0.25, 0.3) is 0 Å². The quantitative estimate of drug-likeness (QED) is 0.728. The van der Waals surface area contributed by atoms with E-state index < -0.39 is 0 Å². The van der Waals surface area contributed by atoms with E-state index in [1.807, 2.05) is 0 Å². The minimum absolute atomic E-state index is 0.318. The number of hydrogen-bond acceptors (Lipinski definition) is 4. The standard InChI is InChI=1S/C15H30N4O/c1-14(2)12-17-8-10-19(11-9-17)15(20)13-18-6-4-16(3)5-7-18/h14H,4-13H2,1-3H3. The van der Waals surface area contributed by atoms with Gasteiger partial charge in [-0.3, -0.25) is 14.6 Å². The van der Waals surface area contributed by atoms with Crippen LogP contribution in [0.15, 0.2) is 0 Å². The smallest absolute Gasteiger partial charge is 0.236 e. The molecule has 0 bridgehead atoms. The van der Waals surface area contributed by atoms with Gasteiger partial charge in [-0.25, -0.2) is 0 Å². The molecule has 0 atom stereocenters. The van der Waals surface area contributed by atoms with Crippen molar-refractivity contribution in [3.63, 3.8) is 0 Å². The summed E-state index contributed by atoms with van der Waals surface area (Å²) in [6.07, 6.45) is 0. The van der Waals surface area contributed by atoms with Crippen molar-refractivity contribution in [2.75, 3.05) is 72.5 Å². The van der Waals surface area contributed by atoms with Crippen molar-refractivity contribution < 1.29 is 4.79 Å². The molecule has 0 aromatic carbocycles. The van der Waals surface area contributed by atoms with Gasteiger partial charge in [0.15, 0.2) is 0 Å². The third-order valence-electron chi connectivity index (χ3n) is 4.30. The Labute approximate surface area is 123 Å². The molecule has 1 amide bonds. The number of rotatable bonds is 4. The average molecular weight is 282 g/mol. The van der Waals surface area contributed by atoms with E-state index in [4.69, 9.17) is 0 Å². The van der Waals surface area contributed by atoms with E-state index in [1.54, 1.807) is 0 Å². The molecule has 0 aliphatic carbocycles. The normalized spacial score (nSPS) is 23.5. The zero-order valence-electron chi connectivity index (χ0n) is 13.3. The second-order valence-electron chi connectivity index (χ2n) is 6.65. The maximum atomic E-state index is 12.3. The van der Waals surface area contributed by atoms with E-state index in [9.17, 15) is 4.79 Å². The van der Waals surface area contributed by atoms with Crippen LogP contribution in [-0.4, -0.2) is 98.0 Å². The van der Waals surface area contributed by atoms with Crippen LogP contribution in [0.3, 0.4) is 0 Å². The van der Waals surface area contributed by atoms with Gasteiger partial charge < -0.3 is 9.80 Å². The molecule has 2 aliphatic rings. The molecule has 0 radical (unpaired) electrons. The maximum absolute atomic E-state index is 12.3. The van der Waals surface area contributed by atoms with Crippen molar-refractivity contribution in [2.24, 2.45) is 5.92 Å². The van der Waals surface area contributed by atoms with Gasteiger partial charge in [0.2, 0.25) is 5.91 Å². The molecule has 5 heteroatoms. The largest absolute Gasteiger partial charge is 0.339 e. The highest BCUT2D eigenvalue weighted by Gasteiger charge is 2.24. The number of likely N-dealkylation sites (N-methyl/N-ethyl adjacent to an activating group) is 1. The van der Waals surface area contributed by atoms with Crippen LogP contribution >= 0.6 is 0 Å². The van der Waals surface area contributed by atoms with Crippen LogP contribution in [0.2, 0.25) is 0 Å². The Balaban J connectivity index is 1.69. The third kappa shape index (κ3) is 4.72. The molecule has 0 unspecified atom stereocenters. The first-order chi connectivity index (χ1) is 9.54. The predicted octanol–water partition coefficient (Wildman–Crippen LogP) is 0.0340. The first-order valence-electron chi connectivity index (χ1n) is 7.95. The monoisotopic (exact) mass is 282 g/mol. The Morgan fingerprint density at radius 1 is 0.900 bits per heavy atom. The van der Waals surface area contributed by atoms with Gasteiger partial charge in [0.1, 0.15) is 0 Å². The van der Waals surface area contributed by atoms with Crippen molar-refractivity contribution in [3.8, 4) is 0 Å². The molecule has 116 valence electrons. The maximum Gasteiger partial charge on any atom is 0.236 e. The fourth-order valence-corrected chi connectivity index (χ4v) is 2.99. The summed E-state index contributed by atoms with van der Waals surface area (Å²) >= 11 is 0. The molecule has 2 aliphatic heterocycles. The number of nitrogens with zero attached hydrogens (tertiary/aromatic N) is 4. The van der Waals surface area contributed by atoms with Crippen molar-refractivity contribution in [2.45, 2.75) is 13.8 Å². The van der Waals surface area contributed by atoms with E-state index in [-0.39, 0.29) is 0 Å². The van der Waals surface area contributed by atoms with Crippen molar-refractivity contribution >= 4 is 5.91 Å². The molecule has 20 heavy (non-hydrogen) atoms. The number of amides is 1. The average Bonchev–Trinajstić information content (AvgIpc) is 2.41. The Kier molecular flexibility index (Phi) is 5.81. The fraction of sp³-hybridized carbons (Fsp3) is 0.933. The Morgan fingerprint density at radius 3 is 2.00 bits per heavy atom. The molecule has 2 saturated heterocycles. The van der Waals surface area contributed by atoms with Gasteiger partial charge in [-0.15, -0.1) is 0 Å². The zero-order chi connectivity index (χ0) is 14.5. The molecular formula is C15H30N4O. The predicted molar refractivity (Wildman–Crippen MR) is 81.8 cm³/mol. The van der Waals surface area contributed by atoms with Gasteiger partial charge in [0, 0.05) is 58.9 Å². The molecule has 5 nitrogen and oxygen atoms in total. The lowest BCUT2D eigenvalue weighted by molar-refractivity contribution is -0.134. The van der Waals surface area contributed by atoms with Gasteiger partial charge >= 0.3 is 0 Å². The van der Waals surface area contributed by atoms with Crippen molar-refractivity contribution in [1.82, 2.24) is 19.6 Å². The lowest BCUT2D eigenvalue weighted by Crippen LogP contribution is -2.53. The van der Waals surface area contributed by atoms with Crippen LogP contribution in [0.4, 0.5) is 0 Å². The van der Waals surface area contributed by atoms with Gasteiger partial charge in [-0.05, 0) is 13.0 Å². The lowest BCUT2D eigenvalue weighted by Gasteiger charge is -2.37. The molecule has 2 rings (SSSR count). The Hall–Kier alpha value is -0.650. The van der Waals surface area contributed by atoms with Crippen LogP contribution in [-0.2, 0) is 4.79 Å². The summed E-state index contributed by atoms with van der Waals surface area (Å²) in [5.74, 6) is 1.03. The number of carbonyl (C=O) groups excluding carboxylic acids is 1. The highest BCUT2D eigenvalue weighted by Crippen LogP contribution is 2.07. The van der Waals surface area contributed by atoms with E-state index >= 15 is 0 Å². The van der Waals surface area contributed by atoms with Gasteiger partial charge in [0.25, 0.3) is 0 Å². The first-order valence-corrected chi connectivity index (χ1v) is 7.95. The summed E-state index contributed by atoms with van der Waals surface area (Å²) in [5.41, 5.74) is 0. The minimum atomic E-state index is 0.318. The third-order valence-corrected chi connectivity index (χ3v) is 4.30. The molecule has 0 N–H and O–H groups in total. The van der Waals surface area contributed by atoms with E-state index in [0.717, 1.165) is 58.9 Å². The molecule has 0 aromatic rings.